The average Bonchev–Trinajstić information content (AvgIpc) is 2.02. The zero-order valence-corrected chi connectivity index (χ0v) is 11.2. The van der Waals surface area contributed by atoms with Crippen molar-refractivity contribution < 1.29 is 47.5 Å². The third-order valence-corrected chi connectivity index (χ3v) is 2.35. The van der Waals surface area contributed by atoms with Gasteiger partial charge in [-0.25, -0.2) is 4.79 Å². The molecule has 0 heterocycles. The van der Waals surface area contributed by atoms with Crippen molar-refractivity contribution in [1.82, 2.24) is 0 Å². The van der Waals surface area contributed by atoms with Crippen LogP contribution < -0.4 is 0 Å². The fraction of sp³-hybridized carbons (Fsp3) is 0. The summed E-state index contributed by atoms with van der Waals surface area (Å²) in [6.07, 6.45) is 0. The summed E-state index contributed by atoms with van der Waals surface area (Å²) < 4.78 is 29.8. The maximum atomic E-state index is 10.6. The fourth-order valence-corrected chi connectivity index (χ4v) is 1.35. The largest absolute Gasteiger partial charge is 0.507 e. The number of hydrogen-bond acceptors (Lipinski definition) is 4. The van der Waals surface area contributed by atoms with Gasteiger partial charge in [0.15, 0.2) is 0 Å². The molecule has 1 rings (SSSR count). The summed E-state index contributed by atoms with van der Waals surface area (Å²) in [7, 11) is -4.45. The minimum Gasteiger partial charge on any atom is -0.507 e. The van der Waals surface area contributed by atoms with Crippen molar-refractivity contribution in [3.05, 3.63) is 23.8 Å². The van der Waals surface area contributed by atoms with Crippen LogP contribution in [-0.4, -0.2) is 29.2 Å². The van der Waals surface area contributed by atoms with Crippen LogP contribution in [0.25, 0.3) is 0 Å². The van der Waals surface area contributed by atoms with Gasteiger partial charge in [0.05, 0.1) is 4.90 Å². The molecule has 0 fully saturated rings. The number of carbonyl (C=O) groups is 1. The van der Waals surface area contributed by atoms with Gasteiger partial charge in [0, 0.05) is 19.5 Å². The van der Waals surface area contributed by atoms with Gasteiger partial charge in [-0.1, -0.05) is 0 Å². The molecule has 0 atom stereocenters. The van der Waals surface area contributed by atoms with Crippen LogP contribution in [0.2, 0.25) is 0 Å². The van der Waals surface area contributed by atoms with Gasteiger partial charge in [-0.05, 0) is 18.2 Å². The first-order valence-corrected chi connectivity index (χ1v) is 4.80. The van der Waals surface area contributed by atoms with Crippen LogP contribution >= 0.6 is 0 Å². The van der Waals surface area contributed by atoms with Gasteiger partial charge < -0.3 is 10.2 Å². The number of hydrogen-bond donors (Lipinski definition) is 3. The molecule has 0 unspecified atom stereocenters. The number of carboxylic acid groups (broad SMARTS) is 1. The van der Waals surface area contributed by atoms with Crippen molar-refractivity contribution in [3.63, 3.8) is 0 Å². The molecule has 1 aromatic rings. The Balaban J connectivity index is 0.00000196. The molecule has 0 bridgehead atoms. The molecule has 78 valence electrons. The Kier molecular flexibility index (Phi) is 4.39. The van der Waals surface area contributed by atoms with E-state index in [2.05, 4.69) is 0 Å². The third-order valence-electron chi connectivity index (χ3n) is 1.50. The zero-order chi connectivity index (χ0) is 10.9. The Hall–Kier alpha value is -0.977. The molecule has 0 spiro atoms. The summed E-state index contributed by atoms with van der Waals surface area (Å²) in [6.45, 7) is 0. The van der Waals surface area contributed by atoms with E-state index in [0.29, 0.717) is 6.07 Å². The van der Waals surface area contributed by atoms with E-state index >= 15 is 0 Å². The average molecular weight is 284 g/mol. The summed E-state index contributed by atoms with van der Waals surface area (Å²) in [5.74, 6) is -2.04. The number of aromatic carboxylic acids is 1. The first-order valence-electron chi connectivity index (χ1n) is 3.36. The maximum absolute atomic E-state index is 10.6. The number of aromatic hydroxyl groups is 1. The summed E-state index contributed by atoms with van der Waals surface area (Å²) in [6, 6.07) is 2.46. The Bertz CT molecular complexity index is 480. The predicted octanol–water partition coefficient (Wildman–Crippen LogP) is 0.335. The van der Waals surface area contributed by atoms with Gasteiger partial charge in [0.1, 0.15) is 11.3 Å². The second kappa shape index (κ2) is 4.70. The molecule has 0 radical (unpaired) electrons. The first kappa shape index (κ1) is 14.0. The zero-order valence-electron chi connectivity index (χ0n) is 7.41. The molecule has 3 N–H and O–H groups in total. The van der Waals surface area contributed by atoms with E-state index in [1.807, 2.05) is 0 Å². The van der Waals surface area contributed by atoms with Crippen LogP contribution in [0.15, 0.2) is 23.1 Å². The monoisotopic (exact) mass is 282 g/mol. The van der Waals surface area contributed by atoms with Crippen LogP contribution in [0.4, 0.5) is 0 Å². The Morgan fingerprint density at radius 3 is 2.20 bits per heavy atom. The molecule has 15 heavy (non-hydrogen) atoms. The fourth-order valence-electron chi connectivity index (χ4n) is 0.847. The third kappa shape index (κ3) is 3.26. The normalized spacial score (nSPS) is 10.5. The minimum atomic E-state index is -4.45. The molecule has 8 heteroatoms. The second-order valence-corrected chi connectivity index (χ2v) is 3.88. The summed E-state index contributed by atoms with van der Waals surface area (Å²) in [5, 5.41) is 17.5. The number of phenols is 1. The van der Waals surface area contributed by atoms with Crippen molar-refractivity contribution in [3.8, 4) is 5.75 Å². The Labute approximate surface area is 98.1 Å². The topological polar surface area (TPSA) is 112 Å². The van der Waals surface area contributed by atoms with E-state index in [4.69, 9.17) is 14.8 Å². The van der Waals surface area contributed by atoms with E-state index < -0.39 is 32.3 Å². The van der Waals surface area contributed by atoms with Crippen molar-refractivity contribution in [1.29, 1.82) is 0 Å². The SMILES string of the molecule is O=C(O)c1cc(S(=O)(=O)O)ccc1O.[Zn]. The standard InChI is InChI=1S/C7H6O6S.Zn/c8-6-2-1-4(14(11,12)13)3-5(6)7(9)10;/h1-3,8H,(H,9,10)(H,11,12,13);. The molecule has 0 amide bonds. The molecule has 0 aliphatic heterocycles. The predicted molar refractivity (Wildman–Crippen MR) is 44.9 cm³/mol. The van der Waals surface area contributed by atoms with E-state index in [-0.39, 0.29) is 19.5 Å². The van der Waals surface area contributed by atoms with Crippen molar-refractivity contribution in [2.45, 2.75) is 4.90 Å². The molecular weight excluding hydrogens is 278 g/mol. The summed E-state index contributed by atoms with van der Waals surface area (Å²) >= 11 is 0. The molecule has 6 nitrogen and oxygen atoms in total. The molecule has 0 aromatic heterocycles. The van der Waals surface area contributed by atoms with E-state index in [1.54, 1.807) is 0 Å². The van der Waals surface area contributed by atoms with Gasteiger partial charge in [-0.3, -0.25) is 4.55 Å². The number of rotatable bonds is 2. The number of carboxylic acids is 1. The molecule has 1 aromatic carbocycles. The van der Waals surface area contributed by atoms with Gasteiger partial charge in [0.25, 0.3) is 10.1 Å². The molecule has 0 aliphatic rings. The van der Waals surface area contributed by atoms with Gasteiger partial charge in [-0.15, -0.1) is 0 Å². The van der Waals surface area contributed by atoms with Crippen LogP contribution in [0.5, 0.6) is 5.75 Å². The summed E-state index contributed by atoms with van der Waals surface area (Å²) in [4.78, 5) is 9.89. The van der Waals surface area contributed by atoms with Crippen LogP contribution in [0.3, 0.4) is 0 Å². The van der Waals surface area contributed by atoms with Gasteiger partial charge in [0.2, 0.25) is 0 Å². The molecule has 0 saturated carbocycles. The summed E-state index contributed by atoms with van der Waals surface area (Å²) in [5.41, 5.74) is -0.583. The maximum Gasteiger partial charge on any atom is 0.339 e. The van der Waals surface area contributed by atoms with Crippen molar-refractivity contribution in [2.75, 3.05) is 0 Å². The first-order chi connectivity index (χ1) is 6.32. The van der Waals surface area contributed by atoms with E-state index in [0.717, 1.165) is 12.1 Å². The Morgan fingerprint density at radius 1 is 1.27 bits per heavy atom. The number of benzene rings is 1. The van der Waals surface area contributed by atoms with Gasteiger partial charge in [-0.2, -0.15) is 8.42 Å². The Morgan fingerprint density at radius 2 is 1.80 bits per heavy atom. The van der Waals surface area contributed by atoms with Crippen molar-refractivity contribution >= 4 is 16.1 Å². The molecule has 0 aliphatic carbocycles. The smallest absolute Gasteiger partial charge is 0.339 e. The quantitative estimate of drug-likeness (QED) is 0.533. The van der Waals surface area contributed by atoms with Crippen LogP contribution in [0.1, 0.15) is 10.4 Å². The van der Waals surface area contributed by atoms with Crippen molar-refractivity contribution in [2.24, 2.45) is 0 Å². The van der Waals surface area contributed by atoms with E-state index in [9.17, 15) is 13.2 Å². The van der Waals surface area contributed by atoms with Crippen LogP contribution in [-0.2, 0) is 29.6 Å². The minimum absolute atomic E-state index is 0. The second-order valence-electron chi connectivity index (χ2n) is 2.46. The molecule has 0 saturated heterocycles. The molecular formula is C7H6O6SZn. The van der Waals surface area contributed by atoms with E-state index in [1.165, 1.54) is 0 Å². The van der Waals surface area contributed by atoms with Gasteiger partial charge >= 0.3 is 5.97 Å². The van der Waals surface area contributed by atoms with Crippen LogP contribution in [0, 0.1) is 0 Å².